The number of methoxy groups -OCH3 is 1. The number of benzene rings is 1. The number of nitrogens with zero attached hydrogens (tertiary/aromatic N) is 1. The summed E-state index contributed by atoms with van der Waals surface area (Å²) in [6, 6.07) is 11.4. The second-order valence-corrected chi connectivity index (χ2v) is 7.03. The van der Waals surface area contributed by atoms with Gasteiger partial charge >= 0.3 is 5.97 Å². The molecule has 1 atom stereocenters. The van der Waals surface area contributed by atoms with Crippen LogP contribution in [-0.2, 0) is 11.3 Å². The van der Waals surface area contributed by atoms with Crippen molar-refractivity contribution in [1.29, 1.82) is 0 Å². The Labute approximate surface area is 146 Å². The maximum absolute atomic E-state index is 12.6. The van der Waals surface area contributed by atoms with E-state index in [0.717, 1.165) is 43.6 Å². The van der Waals surface area contributed by atoms with Gasteiger partial charge in [-0.3, -0.25) is 9.69 Å². The lowest BCUT2D eigenvalue weighted by Crippen LogP contribution is -2.38. The minimum atomic E-state index is -0.290. The number of piperidine rings is 1. The van der Waals surface area contributed by atoms with Gasteiger partial charge in [-0.05, 0) is 36.4 Å². The average molecular weight is 343 g/mol. The van der Waals surface area contributed by atoms with E-state index in [1.165, 1.54) is 18.4 Å². The average Bonchev–Trinajstić information content (AvgIpc) is 3.10. The normalized spacial score (nSPS) is 18.3. The molecule has 1 aromatic carbocycles. The van der Waals surface area contributed by atoms with Gasteiger partial charge in [0.05, 0.1) is 7.11 Å². The number of thiophene rings is 1. The second-order valence-electron chi connectivity index (χ2n) is 6.12. The largest absolute Gasteiger partial charge is 0.465 e. The molecule has 0 radical (unpaired) electrons. The summed E-state index contributed by atoms with van der Waals surface area (Å²) < 4.78 is 4.75. The van der Waals surface area contributed by atoms with E-state index in [1.54, 1.807) is 0 Å². The van der Waals surface area contributed by atoms with Crippen LogP contribution < -0.4 is 0 Å². The molecule has 2 aromatic rings. The van der Waals surface area contributed by atoms with Crippen LogP contribution in [0.5, 0.6) is 0 Å². The van der Waals surface area contributed by atoms with Crippen molar-refractivity contribution in [1.82, 2.24) is 4.90 Å². The summed E-state index contributed by atoms with van der Waals surface area (Å²) >= 11 is 1.41. The van der Waals surface area contributed by atoms with Crippen molar-refractivity contribution in [2.24, 2.45) is 5.92 Å². The Bertz CT molecular complexity index is 710. The number of ether oxygens (including phenoxy) is 1. The number of carbonyl (C=O) groups excluding carboxylic acids is 2. The second kappa shape index (κ2) is 7.73. The molecule has 0 aliphatic carbocycles. The highest BCUT2D eigenvalue weighted by Crippen LogP contribution is 2.24. The van der Waals surface area contributed by atoms with Crippen LogP contribution in [0.25, 0.3) is 0 Å². The molecule has 4 nitrogen and oxygen atoms in total. The van der Waals surface area contributed by atoms with Crippen LogP contribution in [-0.4, -0.2) is 36.9 Å². The van der Waals surface area contributed by atoms with E-state index in [0.29, 0.717) is 4.88 Å². The number of likely N-dealkylation sites (tertiary alicyclic amines) is 1. The van der Waals surface area contributed by atoms with Gasteiger partial charge in [0.25, 0.3) is 0 Å². The monoisotopic (exact) mass is 343 g/mol. The Morgan fingerprint density at radius 2 is 2.08 bits per heavy atom. The molecule has 0 amide bonds. The summed E-state index contributed by atoms with van der Waals surface area (Å²) in [5.41, 5.74) is 1.90. The lowest BCUT2D eigenvalue weighted by Gasteiger charge is -2.31. The third-order valence-electron chi connectivity index (χ3n) is 4.38. The van der Waals surface area contributed by atoms with Crippen LogP contribution in [0.3, 0.4) is 0 Å². The van der Waals surface area contributed by atoms with Crippen LogP contribution >= 0.6 is 11.3 Å². The molecule has 5 heteroatoms. The Morgan fingerprint density at radius 3 is 2.83 bits per heavy atom. The molecule has 3 rings (SSSR count). The van der Waals surface area contributed by atoms with E-state index in [4.69, 9.17) is 4.74 Å². The van der Waals surface area contributed by atoms with Crippen molar-refractivity contribution in [3.05, 3.63) is 57.8 Å². The van der Waals surface area contributed by atoms with Crippen molar-refractivity contribution in [2.75, 3.05) is 20.2 Å². The highest BCUT2D eigenvalue weighted by atomic mass is 32.1. The van der Waals surface area contributed by atoms with Crippen molar-refractivity contribution in [2.45, 2.75) is 19.4 Å². The fraction of sp³-hybridized carbons (Fsp3) is 0.368. The minimum Gasteiger partial charge on any atom is -0.465 e. The number of ketones is 1. The predicted octanol–water partition coefficient (Wildman–Crippen LogP) is 3.63. The maximum atomic E-state index is 12.6. The van der Waals surface area contributed by atoms with E-state index >= 15 is 0 Å². The molecule has 0 saturated carbocycles. The Kier molecular flexibility index (Phi) is 5.43. The zero-order chi connectivity index (χ0) is 16.9. The van der Waals surface area contributed by atoms with Gasteiger partial charge in [0.15, 0.2) is 5.78 Å². The van der Waals surface area contributed by atoms with Gasteiger partial charge in [0, 0.05) is 24.6 Å². The zero-order valence-electron chi connectivity index (χ0n) is 13.7. The highest BCUT2D eigenvalue weighted by Gasteiger charge is 2.26. The van der Waals surface area contributed by atoms with Crippen molar-refractivity contribution in [3.63, 3.8) is 0 Å². The van der Waals surface area contributed by atoms with E-state index in [9.17, 15) is 9.59 Å². The van der Waals surface area contributed by atoms with Gasteiger partial charge in [0.2, 0.25) is 0 Å². The van der Waals surface area contributed by atoms with Crippen molar-refractivity contribution in [3.8, 4) is 0 Å². The molecule has 1 aromatic heterocycles. The molecule has 24 heavy (non-hydrogen) atoms. The molecule has 1 saturated heterocycles. The summed E-state index contributed by atoms with van der Waals surface area (Å²) in [6.07, 6.45) is 1.97. The molecule has 1 aliphatic rings. The van der Waals surface area contributed by atoms with Crippen LogP contribution in [0.1, 0.15) is 38.4 Å². The van der Waals surface area contributed by atoms with Crippen LogP contribution in [0.15, 0.2) is 41.8 Å². The molecule has 0 bridgehead atoms. The Morgan fingerprint density at radius 1 is 1.29 bits per heavy atom. The van der Waals surface area contributed by atoms with Crippen LogP contribution in [0, 0.1) is 5.92 Å². The highest BCUT2D eigenvalue weighted by molar-refractivity contribution is 7.12. The fourth-order valence-electron chi connectivity index (χ4n) is 3.18. The number of Topliss-reactive ketones (excluding diaryl/α,β-unsaturated/α-hetero) is 1. The lowest BCUT2D eigenvalue weighted by atomic mass is 9.90. The lowest BCUT2D eigenvalue weighted by molar-refractivity contribution is 0.0606. The van der Waals surface area contributed by atoms with Crippen LogP contribution in [0.2, 0.25) is 0 Å². The third kappa shape index (κ3) is 3.91. The maximum Gasteiger partial charge on any atom is 0.348 e. The number of rotatable bonds is 5. The summed E-state index contributed by atoms with van der Waals surface area (Å²) in [5.74, 6) is 0.00255. The van der Waals surface area contributed by atoms with E-state index in [2.05, 4.69) is 4.90 Å². The number of carbonyl (C=O) groups is 2. The standard InChI is InChI=1S/C19H21NO3S/c1-23-19(22)17-10-14(13-24-17)11-20-9-5-8-16(12-20)18(21)15-6-3-2-4-7-15/h2-4,6-7,10,13,16H,5,8-9,11-12H2,1H3. The van der Waals surface area contributed by atoms with Crippen molar-refractivity contribution >= 4 is 23.1 Å². The van der Waals surface area contributed by atoms with Crippen molar-refractivity contribution < 1.29 is 14.3 Å². The minimum absolute atomic E-state index is 0.0554. The fourth-order valence-corrected chi connectivity index (χ4v) is 4.00. The van der Waals surface area contributed by atoms with E-state index < -0.39 is 0 Å². The van der Waals surface area contributed by atoms with E-state index in [-0.39, 0.29) is 17.7 Å². The molecule has 1 aliphatic heterocycles. The van der Waals surface area contributed by atoms with Gasteiger partial charge in [-0.15, -0.1) is 11.3 Å². The Balaban J connectivity index is 1.62. The molecule has 1 unspecified atom stereocenters. The molecule has 0 N–H and O–H groups in total. The summed E-state index contributed by atoms with van der Waals surface area (Å²) in [6.45, 7) is 2.53. The molecule has 126 valence electrons. The SMILES string of the molecule is COC(=O)c1cc(CN2CCCC(C(=O)c3ccccc3)C2)cs1. The first kappa shape index (κ1) is 16.9. The summed E-state index contributed by atoms with van der Waals surface area (Å²) in [5, 5.41) is 1.99. The first-order valence-corrected chi connectivity index (χ1v) is 9.02. The number of hydrogen-bond acceptors (Lipinski definition) is 5. The molecule has 0 spiro atoms. The first-order chi connectivity index (χ1) is 11.7. The van der Waals surface area contributed by atoms with E-state index in [1.807, 2.05) is 41.8 Å². The third-order valence-corrected chi connectivity index (χ3v) is 5.34. The molecule has 2 heterocycles. The van der Waals surface area contributed by atoms with Gasteiger partial charge in [0.1, 0.15) is 4.88 Å². The summed E-state index contributed by atoms with van der Waals surface area (Å²) in [4.78, 5) is 27.1. The molecular weight excluding hydrogens is 322 g/mol. The zero-order valence-corrected chi connectivity index (χ0v) is 14.6. The molecule has 1 fully saturated rings. The van der Waals surface area contributed by atoms with Gasteiger partial charge in [-0.25, -0.2) is 4.79 Å². The topological polar surface area (TPSA) is 46.6 Å². The van der Waals surface area contributed by atoms with Gasteiger partial charge < -0.3 is 4.74 Å². The van der Waals surface area contributed by atoms with Gasteiger partial charge in [-0.2, -0.15) is 0 Å². The van der Waals surface area contributed by atoms with Crippen LogP contribution in [0.4, 0.5) is 0 Å². The number of hydrogen-bond donors (Lipinski definition) is 0. The summed E-state index contributed by atoms with van der Waals surface area (Å²) in [7, 11) is 1.39. The van der Waals surface area contributed by atoms with Gasteiger partial charge in [-0.1, -0.05) is 30.3 Å². The Hall–Kier alpha value is -1.98. The molecular formula is C19H21NO3S. The number of esters is 1. The smallest absolute Gasteiger partial charge is 0.348 e. The first-order valence-electron chi connectivity index (χ1n) is 8.14. The predicted molar refractivity (Wildman–Crippen MR) is 94.4 cm³/mol. The quantitative estimate of drug-likeness (QED) is 0.614.